The molecule has 1 aliphatic heterocycles. The predicted octanol–water partition coefficient (Wildman–Crippen LogP) is 5.79. The third-order valence-electron chi connectivity index (χ3n) is 9.97. The van der Waals surface area contributed by atoms with E-state index < -0.39 is 17.5 Å². The lowest BCUT2D eigenvalue weighted by Crippen LogP contribution is -2.29. The van der Waals surface area contributed by atoms with Crippen LogP contribution < -0.4 is 16.4 Å². The van der Waals surface area contributed by atoms with Crippen LogP contribution in [0.3, 0.4) is 0 Å². The Balaban J connectivity index is 1.28. The quantitative estimate of drug-likeness (QED) is 0.224. The van der Waals surface area contributed by atoms with E-state index in [1.54, 1.807) is 34.7 Å². The summed E-state index contributed by atoms with van der Waals surface area (Å²) in [5.74, 6) is 0.102. The number of nitrogens with one attached hydrogen (secondary N) is 1. The SMILES string of the molecule is Cc1c(-c2cc(Nc3ccc(C(=O)N4CCC(O)C4)cn3)c(=O)n(C)c2CC2CC2)cccc1-n1ncc2cc(C(C)(C)C)cc(F)c2c1=O. The van der Waals surface area contributed by atoms with Crippen molar-refractivity contribution in [3.05, 3.63) is 110 Å². The summed E-state index contributed by atoms with van der Waals surface area (Å²) in [5.41, 5.74) is 4.22. The molecule has 7 rings (SSSR count). The number of nitrogens with zero attached hydrogens (tertiary/aromatic N) is 5. The van der Waals surface area contributed by atoms with E-state index in [4.69, 9.17) is 0 Å². The Morgan fingerprint density at radius 1 is 1.02 bits per heavy atom. The second kappa shape index (κ2) is 12.6. The Bertz CT molecular complexity index is 2270. The molecule has 0 bridgehead atoms. The average Bonchev–Trinajstić information content (AvgIpc) is 3.80. The van der Waals surface area contributed by atoms with Gasteiger partial charge in [0.2, 0.25) is 0 Å². The van der Waals surface area contributed by atoms with E-state index in [2.05, 4.69) is 15.4 Å². The molecule has 2 aliphatic rings. The van der Waals surface area contributed by atoms with Gasteiger partial charge in [0.1, 0.15) is 17.3 Å². The number of rotatable bonds is 7. The molecule has 2 fully saturated rings. The minimum absolute atomic E-state index is 0.0148. The molecule has 1 saturated heterocycles. The number of anilines is 2. The molecule has 1 unspecified atom stereocenters. The van der Waals surface area contributed by atoms with Crippen molar-refractivity contribution in [1.29, 1.82) is 0 Å². The summed E-state index contributed by atoms with van der Waals surface area (Å²) in [7, 11) is 1.76. The summed E-state index contributed by atoms with van der Waals surface area (Å²) < 4.78 is 18.4. The number of hydrogen-bond acceptors (Lipinski definition) is 7. The van der Waals surface area contributed by atoms with E-state index in [9.17, 15) is 19.5 Å². The van der Waals surface area contributed by atoms with Crippen LogP contribution in [0.2, 0.25) is 0 Å². The Hall–Kier alpha value is -5.16. The molecule has 1 atom stereocenters. The minimum atomic E-state index is -0.580. The standard InChI is InChI=1S/C39H41FN6O4/c1-22-28(7-6-8-32(22)46-38(50)35-25(20-42-46)16-26(17-30(35)40)39(2,3)4)29-18-31(37(49)44(5)33(29)15-23-9-10-23)43-34-12-11-24(19-41-34)36(48)45-14-13-27(47)21-45/h6-8,11-12,16-20,23,27,47H,9-10,13-15,21H2,1-5H3,(H,41,43). The van der Waals surface area contributed by atoms with Crippen LogP contribution in [-0.4, -0.2) is 54.4 Å². The second-order valence-corrected chi connectivity index (χ2v) is 14.7. The molecule has 4 heterocycles. The molecule has 11 heteroatoms. The maximum absolute atomic E-state index is 15.5. The highest BCUT2D eigenvalue weighted by Crippen LogP contribution is 2.38. The molecule has 1 aliphatic carbocycles. The fourth-order valence-corrected chi connectivity index (χ4v) is 6.76. The largest absolute Gasteiger partial charge is 0.391 e. The average molecular weight is 677 g/mol. The second-order valence-electron chi connectivity index (χ2n) is 14.7. The van der Waals surface area contributed by atoms with E-state index in [-0.39, 0.29) is 22.3 Å². The van der Waals surface area contributed by atoms with E-state index >= 15 is 4.39 Å². The number of benzene rings is 2. The van der Waals surface area contributed by atoms with Gasteiger partial charge >= 0.3 is 0 Å². The maximum Gasteiger partial charge on any atom is 0.282 e. The van der Waals surface area contributed by atoms with E-state index in [1.807, 2.05) is 52.0 Å². The number of amides is 1. The van der Waals surface area contributed by atoms with Crippen molar-refractivity contribution in [3.63, 3.8) is 0 Å². The van der Waals surface area contributed by atoms with Gasteiger partial charge in [-0.1, -0.05) is 32.9 Å². The Morgan fingerprint density at radius 3 is 2.46 bits per heavy atom. The molecule has 10 nitrogen and oxygen atoms in total. The lowest BCUT2D eigenvalue weighted by atomic mass is 9.86. The first kappa shape index (κ1) is 33.3. The number of pyridine rings is 2. The lowest BCUT2D eigenvalue weighted by Gasteiger charge is -2.21. The fraction of sp³-hybridized carbons (Fsp3) is 0.359. The number of fused-ring (bicyclic) bond motifs is 1. The molecule has 2 aromatic carbocycles. The molecule has 0 spiro atoms. The number of carbonyl (C=O) groups excluding carboxylic acids is 1. The van der Waals surface area contributed by atoms with Crippen LogP contribution in [0.1, 0.15) is 67.2 Å². The van der Waals surface area contributed by atoms with Crippen molar-refractivity contribution in [3.8, 4) is 16.8 Å². The van der Waals surface area contributed by atoms with Gasteiger partial charge in [0.15, 0.2) is 0 Å². The summed E-state index contributed by atoms with van der Waals surface area (Å²) in [6.45, 7) is 8.67. The van der Waals surface area contributed by atoms with E-state index in [0.29, 0.717) is 53.6 Å². The molecule has 50 heavy (non-hydrogen) atoms. The number of hydrogen-bond donors (Lipinski definition) is 2. The summed E-state index contributed by atoms with van der Waals surface area (Å²) in [6.07, 6.45) is 5.95. The summed E-state index contributed by atoms with van der Waals surface area (Å²) >= 11 is 0. The maximum atomic E-state index is 15.5. The van der Waals surface area contributed by atoms with Crippen LogP contribution >= 0.6 is 0 Å². The number of likely N-dealkylation sites (tertiary alicyclic amines) is 1. The zero-order valence-electron chi connectivity index (χ0n) is 29.0. The zero-order chi connectivity index (χ0) is 35.5. The van der Waals surface area contributed by atoms with Crippen LogP contribution in [0.15, 0.2) is 70.5 Å². The van der Waals surface area contributed by atoms with Crippen molar-refractivity contribution < 1.29 is 14.3 Å². The Morgan fingerprint density at radius 2 is 1.80 bits per heavy atom. The van der Waals surface area contributed by atoms with Crippen LogP contribution in [0.4, 0.5) is 15.9 Å². The number of aliphatic hydroxyl groups excluding tert-OH is 1. The number of β-amino-alcohol motifs (C(OH)–C–C–N with tert-alkyl or cyclic N) is 1. The number of aliphatic hydroxyl groups is 1. The van der Waals surface area contributed by atoms with Crippen molar-refractivity contribution >= 4 is 28.2 Å². The first-order chi connectivity index (χ1) is 23.8. The van der Waals surface area contributed by atoms with Crippen molar-refractivity contribution in [2.24, 2.45) is 13.0 Å². The van der Waals surface area contributed by atoms with Crippen molar-refractivity contribution in [2.75, 3.05) is 18.4 Å². The normalized spacial score (nSPS) is 16.3. The van der Waals surface area contributed by atoms with Crippen LogP contribution in [0.25, 0.3) is 27.6 Å². The van der Waals surface area contributed by atoms with Crippen LogP contribution in [0.5, 0.6) is 0 Å². The van der Waals surface area contributed by atoms with Crippen LogP contribution in [-0.2, 0) is 18.9 Å². The van der Waals surface area contributed by atoms with E-state index in [0.717, 1.165) is 47.2 Å². The smallest absolute Gasteiger partial charge is 0.282 e. The molecule has 1 amide bonds. The monoisotopic (exact) mass is 676 g/mol. The van der Waals surface area contributed by atoms with Gasteiger partial charge < -0.3 is 19.9 Å². The van der Waals surface area contributed by atoms with Crippen LogP contribution in [0, 0.1) is 18.7 Å². The predicted molar refractivity (Wildman–Crippen MR) is 192 cm³/mol. The molecule has 1 saturated carbocycles. The van der Waals surface area contributed by atoms with Gasteiger partial charge in [-0.15, -0.1) is 0 Å². The molecule has 2 N–H and O–H groups in total. The highest BCUT2D eigenvalue weighted by Gasteiger charge is 2.28. The highest BCUT2D eigenvalue weighted by atomic mass is 19.1. The highest BCUT2D eigenvalue weighted by molar-refractivity contribution is 5.94. The van der Waals surface area contributed by atoms with Gasteiger partial charge in [-0.25, -0.2) is 9.37 Å². The molecule has 5 aromatic rings. The third kappa shape index (κ3) is 6.22. The summed E-state index contributed by atoms with van der Waals surface area (Å²) in [4.78, 5) is 46.4. The van der Waals surface area contributed by atoms with Gasteiger partial charge in [-0.3, -0.25) is 14.4 Å². The van der Waals surface area contributed by atoms with Crippen molar-refractivity contribution in [1.82, 2.24) is 24.2 Å². The number of carbonyl (C=O) groups is 1. The molecule has 258 valence electrons. The summed E-state index contributed by atoms with van der Waals surface area (Å²) in [5, 5.41) is 17.9. The molecule has 0 radical (unpaired) electrons. The lowest BCUT2D eigenvalue weighted by molar-refractivity contribution is 0.0764. The summed E-state index contributed by atoms with van der Waals surface area (Å²) in [6, 6.07) is 14.0. The van der Waals surface area contributed by atoms with Gasteiger partial charge in [0, 0.05) is 43.0 Å². The number of aromatic nitrogens is 4. The molecule has 3 aromatic heterocycles. The minimum Gasteiger partial charge on any atom is -0.391 e. The Labute approximate surface area is 289 Å². The topological polar surface area (TPSA) is 122 Å². The molecular weight excluding hydrogens is 635 g/mol. The van der Waals surface area contributed by atoms with Gasteiger partial charge in [-0.2, -0.15) is 9.78 Å². The zero-order valence-corrected chi connectivity index (χ0v) is 29.0. The van der Waals surface area contributed by atoms with Gasteiger partial charge in [0.05, 0.1) is 28.9 Å². The van der Waals surface area contributed by atoms with Gasteiger partial charge in [0.25, 0.3) is 17.0 Å². The third-order valence-corrected chi connectivity index (χ3v) is 9.97. The first-order valence-electron chi connectivity index (χ1n) is 17.1. The van der Waals surface area contributed by atoms with E-state index in [1.165, 1.54) is 23.1 Å². The number of halogens is 1. The first-order valence-corrected chi connectivity index (χ1v) is 17.1. The fourth-order valence-electron chi connectivity index (χ4n) is 6.76. The molecular formula is C39H41FN6O4. The van der Waals surface area contributed by atoms with Crippen molar-refractivity contribution in [2.45, 2.75) is 64.9 Å². The Kier molecular flexibility index (Phi) is 8.42. The van der Waals surface area contributed by atoms with Gasteiger partial charge in [-0.05, 0) is 97.0 Å².